The van der Waals surface area contributed by atoms with Crippen molar-refractivity contribution in [2.75, 3.05) is 13.7 Å². The van der Waals surface area contributed by atoms with Crippen molar-refractivity contribution in [3.05, 3.63) is 48.2 Å². The van der Waals surface area contributed by atoms with E-state index in [4.69, 9.17) is 4.74 Å². The van der Waals surface area contributed by atoms with E-state index in [1.165, 1.54) is 6.33 Å². The molecule has 2 heterocycles. The number of amides is 1. The molecule has 0 aliphatic heterocycles. The summed E-state index contributed by atoms with van der Waals surface area (Å²) in [4.78, 5) is 20.5. The third-order valence-corrected chi connectivity index (χ3v) is 3.24. The van der Waals surface area contributed by atoms with Gasteiger partial charge >= 0.3 is 0 Å². The Hall–Kier alpha value is -2.96. The molecule has 1 aromatic carbocycles. The molecule has 0 aliphatic rings. The normalized spacial score (nSPS) is 10.6. The predicted molar refractivity (Wildman–Crippen MR) is 80.7 cm³/mol. The van der Waals surface area contributed by atoms with Crippen LogP contribution in [0.5, 0.6) is 5.88 Å². The smallest absolute Gasteiger partial charge is 0.270 e. The lowest BCUT2D eigenvalue weighted by atomic mass is 10.1. The number of hydrogen-bond donors (Lipinski definition) is 2. The minimum Gasteiger partial charge on any atom is -0.481 e. The van der Waals surface area contributed by atoms with Gasteiger partial charge in [-0.3, -0.25) is 9.89 Å². The van der Waals surface area contributed by atoms with Gasteiger partial charge in [-0.25, -0.2) is 9.97 Å². The zero-order valence-corrected chi connectivity index (χ0v) is 12.0. The zero-order valence-electron chi connectivity index (χ0n) is 12.0. The molecule has 0 spiro atoms. The van der Waals surface area contributed by atoms with Crippen LogP contribution in [0, 0.1) is 0 Å². The number of nitrogens with one attached hydrogen (secondary N) is 2. The zero-order chi connectivity index (χ0) is 15.4. The van der Waals surface area contributed by atoms with E-state index in [2.05, 4.69) is 25.5 Å². The van der Waals surface area contributed by atoms with Crippen LogP contribution in [0.1, 0.15) is 16.3 Å². The van der Waals surface area contributed by atoms with E-state index in [-0.39, 0.29) is 5.91 Å². The van der Waals surface area contributed by atoms with Crippen LogP contribution in [0.2, 0.25) is 0 Å². The van der Waals surface area contributed by atoms with Crippen molar-refractivity contribution in [1.82, 2.24) is 25.5 Å². The summed E-state index contributed by atoms with van der Waals surface area (Å²) < 4.78 is 5.27. The van der Waals surface area contributed by atoms with Gasteiger partial charge in [-0.1, -0.05) is 18.2 Å². The first-order valence-corrected chi connectivity index (χ1v) is 6.84. The van der Waals surface area contributed by atoms with Crippen LogP contribution >= 0.6 is 0 Å². The Balaban J connectivity index is 1.75. The van der Waals surface area contributed by atoms with Gasteiger partial charge in [0.25, 0.3) is 5.91 Å². The largest absolute Gasteiger partial charge is 0.481 e. The van der Waals surface area contributed by atoms with Crippen molar-refractivity contribution < 1.29 is 9.53 Å². The topological polar surface area (TPSA) is 92.8 Å². The van der Waals surface area contributed by atoms with E-state index >= 15 is 0 Å². The number of fused-ring (bicyclic) bond motifs is 1. The first-order valence-electron chi connectivity index (χ1n) is 6.84. The second-order valence-electron chi connectivity index (χ2n) is 4.68. The summed E-state index contributed by atoms with van der Waals surface area (Å²) in [6.45, 7) is 0.449. The van der Waals surface area contributed by atoms with Gasteiger partial charge in [-0.15, -0.1) is 0 Å². The van der Waals surface area contributed by atoms with E-state index in [1.807, 2.05) is 24.3 Å². The molecule has 7 heteroatoms. The molecule has 0 unspecified atom stereocenters. The maximum absolute atomic E-state index is 12.2. The highest BCUT2D eigenvalue weighted by molar-refractivity contribution is 5.98. The molecule has 0 saturated heterocycles. The standard InChI is InChI=1S/C15H15N5O2/c1-22-15-11-5-3-2-4-10(11)8-12(19-15)14(21)16-7-6-13-17-9-18-20-13/h2-5,8-9H,6-7H2,1H3,(H,16,21)(H,17,18,20). The van der Waals surface area contributed by atoms with Gasteiger partial charge < -0.3 is 10.1 Å². The first kappa shape index (κ1) is 14.0. The fourth-order valence-corrected chi connectivity index (χ4v) is 2.17. The molecule has 3 rings (SSSR count). The number of aromatic amines is 1. The first-order chi connectivity index (χ1) is 10.8. The molecule has 2 aromatic heterocycles. The maximum atomic E-state index is 12.2. The van der Waals surface area contributed by atoms with E-state index in [0.29, 0.717) is 24.5 Å². The third kappa shape index (κ3) is 2.88. The Kier molecular flexibility index (Phi) is 3.95. The van der Waals surface area contributed by atoms with E-state index < -0.39 is 0 Å². The highest BCUT2D eigenvalue weighted by Gasteiger charge is 2.12. The molecule has 0 aliphatic carbocycles. The molecule has 0 fully saturated rings. The summed E-state index contributed by atoms with van der Waals surface area (Å²) in [5.41, 5.74) is 0.327. The van der Waals surface area contributed by atoms with Crippen molar-refractivity contribution in [2.45, 2.75) is 6.42 Å². The monoisotopic (exact) mass is 297 g/mol. The Morgan fingerprint density at radius 1 is 1.36 bits per heavy atom. The maximum Gasteiger partial charge on any atom is 0.270 e. The molecule has 0 atom stereocenters. The fourth-order valence-electron chi connectivity index (χ4n) is 2.17. The van der Waals surface area contributed by atoms with Gasteiger partial charge in [0.15, 0.2) is 0 Å². The number of carbonyl (C=O) groups excluding carboxylic acids is 1. The van der Waals surface area contributed by atoms with Crippen LogP contribution in [0.4, 0.5) is 0 Å². The number of H-pyrrole nitrogens is 1. The molecule has 0 bridgehead atoms. The third-order valence-electron chi connectivity index (χ3n) is 3.24. The average Bonchev–Trinajstić information content (AvgIpc) is 3.07. The summed E-state index contributed by atoms with van der Waals surface area (Å²) in [7, 11) is 1.54. The van der Waals surface area contributed by atoms with E-state index in [0.717, 1.165) is 16.6 Å². The fraction of sp³-hybridized carbons (Fsp3) is 0.200. The summed E-state index contributed by atoms with van der Waals surface area (Å²) in [5, 5.41) is 11.1. The molecule has 3 aromatic rings. The van der Waals surface area contributed by atoms with Crippen LogP contribution in [0.3, 0.4) is 0 Å². The van der Waals surface area contributed by atoms with Crippen LogP contribution < -0.4 is 10.1 Å². The predicted octanol–water partition coefficient (Wildman–Crippen LogP) is 1.33. The number of carbonyl (C=O) groups is 1. The molecule has 0 radical (unpaired) electrons. The molecule has 22 heavy (non-hydrogen) atoms. The van der Waals surface area contributed by atoms with Crippen molar-refractivity contribution in [3.8, 4) is 5.88 Å². The summed E-state index contributed by atoms with van der Waals surface area (Å²) >= 11 is 0. The van der Waals surface area contributed by atoms with Gasteiger partial charge in [0.2, 0.25) is 5.88 Å². The summed E-state index contributed by atoms with van der Waals surface area (Å²) in [6, 6.07) is 9.40. The molecule has 1 amide bonds. The number of ether oxygens (including phenoxy) is 1. The lowest BCUT2D eigenvalue weighted by Crippen LogP contribution is -2.26. The van der Waals surface area contributed by atoms with Crippen molar-refractivity contribution in [3.63, 3.8) is 0 Å². The Morgan fingerprint density at radius 2 is 2.23 bits per heavy atom. The van der Waals surface area contributed by atoms with Gasteiger partial charge in [0.05, 0.1) is 7.11 Å². The summed E-state index contributed by atoms with van der Waals surface area (Å²) in [5.74, 6) is 0.923. The van der Waals surface area contributed by atoms with Gasteiger partial charge in [0, 0.05) is 18.4 Å². The number of hydrogen-bond acceptors (Lipinski definition) is 5. The van der Waals surface area contributed by atoms with Crippen LogP contribution in [0.15, 0.2) is 36.7 Å². The molecule has 112 valence electrons. The number of methoxy groups -OCH3 is 1. The van der Waals surface area contributed by atoms with Crippen molar-refractivity contribution in [2.24, 2.45) is 0 Å². The molecular weight excluding hydrogens is 282 g/mol. The van der Waals surface area contributed by atoms with Crippen LogP contribution in [-0.4, -0.2) is 39.7 Å². The number of aromatic nitrogens is 4. The number of pyridine rings is 1. The Bertz CT molecular complexity index is 786. The van der Waals surface area contributed by atoms with Gasteiger partial charge in [-0.05, 0) is 17.5 Å². The molecule has 2 N–H and O–H groups in total. The minimum absolute atomic E-state index is 0.247. The van der Waals surface area contributed by atoms with Crippen LogP contribution in [0.25, 0.3) is 10.8 Å². The molecule has 0 saturated carbocycles. The lowest BCUT2D eigenvalue weighted by Gasteiger charge is -2.08. The number of benzene rings is 1. The minimum atomic E-state index is -0.247. The SMILES string of the molecule is COc1nc(C(=O)NCCc2ncn[nH]2)cc2ccccc12. The highest BCUT2D eigenvalue weighted by atomic mass is 16.5. The van der Waals surface area contributed by atoms with E-state index in [9.17, 15) is 4.79 Å². The second-order valence-corrected chi connectivity index (χ2v) is 4.68. The van der Waals surface area contributed by atoms with E-state index in [1.54, 1.807) is 13.2 Å². The van der Waals surface area contributed by atoms with Crippen LogP contribution in [-0.2, 0) is 6.42 Å². The summed E-state index contributed by atoms with van der Waals surface area (Å²) in [6.07, 6.45) is 2.02. The molecule has 7 nitrogen and oxygen atoms in total. The average molecular weight is 297 g/mol. The Morgan fingerprint density at radius 3 is 3.00 bits per heavy atom. The molecular formula is C15H15N5O2. The number of nitrogens with zero attached hydrogens (tertiary/aromatic N) is 3. The van der Waals surface area contributed by atoms with Gasteiger partial charge in [0.1, 0.15) is 17.8 Å². The van der Waals surface area contributed by atoms with Gasteiger partial charge in [-0.2, -0.15) is 5.10 Å². The quantitative estimate of drug-likeness (QED) is 0.741. The lowest BCUT2D eigenvalue weighted by molar-refractivity contribution is 0.0948. The highest BCUT2D eigenvalue weighted by Crippen LogP contribution is 2.23. The van der Waals surface area contributed by atoms with Crippen molar-refractivity contribution in [1.29, 1.82) is 0 Å². The Labute approximate surface area is 126 Å². The van der Waals surface area contributed by atoms with Crippen molar-refractivity contribution >= 4 is 16.7 Å². The second kappa shape index (κ2) is 6.21. The number of rotatable bonds is 5.